The van der Waals surface area contributed by atoms with Crippen LogP contribution >= 0.6 is 0 Å². The van der Waals surface area contributed by atoms with E-state index in [1.165, 1.54) is 32.1 Å². The van der Waals surface area contributed by atoms with Crippen molar-refractivity contribution >= 4 is 11.8 Å². The Bertz CT molecular complexity index is 268. The van der Waals surface area contributed by atoms with Crippen LogP contribution in [0.25, 0.3) is 0 Å². The SMILES string of the molecule is CCCCCCCCC=C[NH+]1C(=O)CCC1=O. The molecule has 0 radical (unpaired) electrons. The van der Waals surface area contributed by atoms with E-state index in [0.29, 0.717) is 17.7 Å². The molecule has 2 amide bonds. The number of carbonyl (C=O) groups is 2. The van der Waals surface area contributed by atoms with Crippen LogP contribution in [0, 0.1) is 0 Å². The molecule has 0 bridgehead atoms. The Hall–Kier alpha value is -0.960. The number of rotatable bonds is 8. The first kappa shape index (κ1) is 14.1. The first-order valence-corrected chi connectivity index (χ1v) is 6.85. The fourth-order valence-corrected chi connectivity index (χ4v) is 2.08. The maximum Gasteiger partial charge on any atom is 0.324 e. The topological polar surface area (TPSA) is 38.6 Å². The highest BCUT2D eigenvalue weighted by molar-refractivity contribution is 5.88. The Morgan fingerprint density at radius 1 is 1.00 bits per heavy atom. The maximum absolute atomic E-state index is 11.3. The molecule has 1 heterocycles. The van der Waals surface area contributed by atoms with Crippen LogP contribution in [-0.4, -0.2) is 11.8 Å². The molecule has 17 heavy (non-hydrogen) atoms. The Kier molecular flexibility index (Phi) is 6.78. The van der Waals surface area contributed by atoms with Gasteiger partial charge in [-0.05, 0) is 18.9 Å². The average molecular weight is 238 g/mol. The summed E-state index contributed by atoms with van der Waals surface area (Å²) in [5.41, 5.74) is 0. The average Bonchev–Trinajstić information content (AvgIpc) is 2.63. The number of likely N-dealkylation sites (tertiary alicyclic amines) is 1. The fourth-order valence-electron chi connectivity index (χ4n) is 2.08. The second-order valence-corrected chi connectivity index (χ2v) is 4.72. The van der Waals surface area contributed by atoms with Crippen molar-refractivity contribution in [1.82, 2.24) is 0 Å². The van der Waals surface area contributed by atoms with Gasteiger partial charge in [0.15, 0.2) is 0 Å². The van der Waals surface area contributed by atoms with Crippen molar-refractivity contribution in [1.29, 1.82) is 0 Å². The molecule has 1 N–H and O–H groups in total. The molecule has 1 rings (SSSR count). The summed E-state index contributed by atoms with van der Waals surface area (Å²) in [6, 6.07) is 0. The number of imide groups is 1. The molecule has 0 aromatic rings. The number of quaternary nitrogens is 1. The molecule has 0 spiro atoms. The molecule has 1 aliphatic rings. The molecule has 1 aliphatic heterocycles. The van der Waals surface area contributed by atoms with E-state index < -0.39 is 0 Å². The smallest absolute Gasteiger partial charge is 0.230 e. The summed E-state index contributed by atoms with van der Waals surface area (Å²) in [5, 5.41) is 0. The minimum absolute atomic E-state index is 0.0224. The highest BCUT2D eigenvalue weighted by Crippen LogP contribution is 2.06. The quantitative estimate of drug-likeness (QED) is 0.519. The van der Waals surface area contributed by atoms with Gasteiger partial charge in [-0.3, -0.25) is 0 Å². The number of hydrogen-bond acceptors (Lipinski definition) is 2. The summed E-state index contributed by atoms with van der Waals surface area (Å²) in [4.78, 5) is 23.1. The molecular formula is C14H24NO2+. The van der Waals surface area contributed by atoms with E-state index in [-0.39, 0.29) is 11.8 Å². The minimum atomic E-state index is 0.0224. The summed E-state index contributed by atoms with van der Waals surface area (Å²) in [7, 11) is 0. The molecule has 0 aromatic carbocycles. The lowest BCUT2D eigenvalue weighted by Crippen LogP contribution is -3.10. The van der Waals surface area contributed by atoms with Gasteiger partial charge in [-0.25, -0.2) is 9.59 Å². The number of amides is 2. The zero-order chi connectivity index (χ0) is 12.5. The van der Waals surface area contributed by atoms with E-state index in [9.17, 15) is 9.59 Å². The zero-order valence-corrected chi connectivity index (χ0v) is 10.8. The lowest BCUT2D eigenvalue weighted by molar-refractivity contribution is -0.672. The molecule has 96 valence electrons. The van der Waals surface area contributed by atoms with Gasteiger partial charge >= 0.3 is 11.8 Å². The second-order valence-electron chi connectivity index (χ2n) is 4.72. The number of unbranched alkanes of at least 4 members (excludes halogenated alkanes) is 6. The Morgan fingerprint density at radius 3 is 2.24 bits per heavy atom. The van der Waals surface area contributed by atoms with Crippen LogP contribution in [0.1, 0.15) is 64.7 Å². The highest BCUT2D eigenvalue weighted by atomic mass is 16.2. The van der Waals surface area contributed by atoms with Crippen molar-refractivity contribution in [3.63, 3.8) is 0 Å². The van der Waals surface area contributed by atoms with E-state index in [1.807, 2.05) is 6.08 Å². The van der Waals surface area contributed by atoms with Crippen LogP contribution in [-0.2, 0) is 9.59 Å². The van der Waals surface area contributed by atoms with Gasteiger partial charge in [0.2, 0.25) is 0 Å². The Labute approximate surface area is 104 Å². The van der Waals surface area contributed by atoms with Crippen LogP contribution in [0.2, 0.25) is 0 Å². The van der Waals surface area contributed by atoms with Gasteiger partial charge in [-0.1, -0.05) is 39.0 Å². The second kappa shape index (κ2) is 8.18. The monoisotopic (exact) mass is 238 g/mol. The Morgan fingerprint density at radius 2 is 1.59 bits per heavy atom. The first-order valence-electron chi connectivity index (χ1n) is 6.85. The fraction of sp³-hybridized carbons (Fsp3) is 0.714. The number of carbonyl (C=O) groups excluding carboxylic acids is 2. The van der Waals surface area contributed by atoms with E-state index in [1.54, 1.807) is 6.20 Å². The van der Waals surface area contributed by atoms with Gasteiger partial charge in [-0.2, -0.15) is 4.90 Å². The van der Waals surface area contributed by atoms with Crippen LogP contribution in [0.5, 0.6) is 0 Å². The summed E-state index contributed by atoms with van der Waals surface area (Å²) in [6.07, 6.45) is 13.2. The van der Waals surface area contributed by atoms with Crippen molar-refractivity contribution in [3.05, 3.63) is 12.3 Å². The zero-order valence-electron chi connectivity index (χ0n) is 10.8. The van der Waals surface area contributed by atoms with Crippen molar-refractivity contribution in [3.8, 4) is 0 Å². The molecule has 0 aromatic heterocycles. The van der Waals surface area contributed by atoms with Crippen LogP contribution in [0.15, 0.2) is 12.3 Å². The van der Waals surface area contributed by atoms with Crippen molar-refractivity contribution in [2.45, 2.75) is 64.7 Å². The number of nitrogens with one attached hydrogen (secondary N) is 1. The third kappa shape index (κ3) is 5.26. The minimum Gasteiger partial charge on any atom is -0.230 e. The molecule has 1 saturated heterocycles. The van der Waals surface area contributed by atoms with Crippen molar-refractivity contribution in [2.24, 2.45) is 0 Å². The molecule has 0 saturated carbocycles. The van der Waals surface area contributed by atoms with E-state index in [0.717, 1.165) is 12.8 Å². The molecule has 3 nitrogen and oxygen atoms in total. The number of allylic oxidation sites excluding steroid dienone is 1. The van der Waals surface area contributed by atoms with Crippen LogP contribution in [0.4, 0.5) is 0 Å². The molecule has 3 heteroatoms. The normalized spacial score (nSPS) is 17.5. The Balaban J connectivity index is 2.06. The largest absolute Gasteiger partial charge is 0.324 e. The van der Waals surface area contributed by atoms with Gasteiger partial charge in [-0.15, -0.1) is 0 Å². The molecule has 0 atom stereocenters. The van der Waals surface area contributed by atoms with Crippen molar-refractivity contribution in [2.75, 3.05) is 0 Å². The predicted molar refractivity (Wildman–Crippen MR) is 67.3 cm³/mol. The van der Waals surface area contributed by atoms with E-state index in [4.69, 9.17) is 0 Å². The standard InChI is InChI=1S/C14H23NO2/c1-2-3-4-5-6-7-8-9-12-15-13(16)10-11-14(15)17/h9,12H,2-8,10-11H2,1H3/p+1. The van der Waals surface area contributed by atoms with E-state index in [2.05, 4.69) is 6.92 Å². The number of hydrogen-bond donors (Lipinski definition) is 1. The third-order valence-electron chi connectivity index (χ3n) is 3.19. The summed E-state index contributed by atoms with van der Waals surface area (Å²) in [5.74, 6) is 0.0448. The van der Waals surface area contributed by atoms with Crippen LogP contribution in [0.3, 0.4) is 0 Å². The molecule has 1 fully saturated rings. The first-order chi connectivity index (χ1) is 8.25. The van der Waals surface area contributed by atoms with Gasteiger partial charge in [0, 0.05) is 0 Å². The lowest BCUT2D eigenvalue weighted by Gasteiger charge is -2.00. The molecular weight excluding hydrogens is 214 g/mol. The van der Waals surface area contributed by atoms with Crippen LogP contribution < -0.4 is 4.90 Å². The third-order valence-corrected chi connectivity index (χ3v) is 3.19. The summed E-state index contributed by atoms with van der Waals surface area (Å²) < 4.78 is 0. The molecule has 0 unspecified atom stereocenters. The van der Waals surface area contributed by atoms with Gasteiger partial charge in [0.1, 0.15) is 6.20 Å². The summed E-state index contributed by atoms with van der Waals surface area (Å²) >= 11 is 0. The highest BCUT2D eigenvalue weighted by Gasteiger charge is 2.33. The van der Waals surface area contributed by atoms with Crippen molar-refractivity contribution < 1.29 is 14.5 Å². The van der Waals surface area contributed by atoms with Gasteiger partial charge < -0.3 is 0 Å². The lowest BCUT2D eigenvalue weighted by atomic mass is 10.1. The summed E-state index contributed by atoms with van der Waals surface area (Å²) in [6.45, 7) is 2.22. The predicted octanol–water partition coefficient (Wildman–Crippen LogP) is 1.98. The van der Waals surface area contributed by atoms with Gasteiger partial charge in [0.05, 0.1) is 12.8 Å². The van der Waals surface area contributed by atoms with Gasteiger partial charge in [0.25, 0.3) is 0 Å². The maximum atomic E-state index is 11.3. The molecule has 0 aliphatic carbocycles. The van der Waals surface area contributed by atoms with E-state index >= 15 is 0 Å².